The van der Waals surface area contributed by atoms with Gasteiger partial charge in [0.2, 0.25) is 0 Å². The third-order valence-corrected chi connectivity index (χ3v) is 5.34. The average Bonchev–Trinajstić information content (AvgIpc) is 2.69. The molecule has 0 radical (unpaired) electrons. The Bertz CT molecular complexity index is 185. The van der Waals surface area contributed by atoms with E-state index in [9.17, 15) is 0 Å². The monoisotopic (exact) mass is 199 g/mol. The molecule has 1 saturated heterocycles. The van der Waals surface area contributed by atoms with Crippen LogP contribution < -0.4 is 5.73 Å². The lowest BCUT2D eigenvalue weighted by atomic mass is 9.94. The molecule has 0 spiro atoms. The highest BCUT2D eigenvalue weighted by molar-refractivity contribution is 7.99. The van der Waals surface area contributed by atoms with Gasteiger partial charge in [-0.2, -0.15) is 11.8 Å². The van der Waals surface area contributed by atoms with E-state index < -0.39 is 0 Å². The summed E-state index contributed by atoms with van der Waals surface area (Å²) >= 11 is 2.14. The first-order valence-corrected chi connectivity index (χ1v) is 6.61. The number of hydrogen-bond donors (Lipinski definition) is 1. The predicted octanol–water partition coefficient (Wildman–Crippen LogP) is 2.36. The molecule has 2 fully saturated rings. The summed E-state index contributed by atoms with van der Waals surface area (Å²) in [6, 6.07) is 0. The molecular weight excluding hydrogens is 178 g/mol. The second-order valence-corrected chi connectivity index (χ2v) is 6.32. The van der Waals surface area contributed by atoms with Crippen LogP contribution >= 0.6 is 11.8 Å². The van der Waals surface area contributed by atoms with Crippen LogP contribution in [0.3, 0.4) is 0 Å². The third kappa shape index (κ3) is 1.63. The maximum atomic E-state index is 5.80. The van der Waals surface area contributed by atoms with Crippen LogP contribution in [0.25, 0.3) is 0 Å². The van der Waals surface area contributed by atoms with Crippen LogP contribution in [0, 0.1) is 23.2 Å². The molecule has 0 aromatic carbocycles. The van der Waals surface area contributed by atoms with Crippen LogP contribution in [0.2, 0.25) is 0 Å². The summed E-state index contributed by atoms with van der Waals surface area (Å²) in [4.78, 5) is 0. The van der Waals surface area contributed by atoms with E-state index in [-0.39, 0.29) is 0 Å². The van der Waals surface area contributed by atoms with Crippen molar-refractivity contribution >= 4 is 11.8 Å². The third-order valence-electron chi connectivity index (χ3n) is 4.10. The fourth-order valence-electron chi connectivity index (χ4n) is 3.22. The number of nitrogens with two attached hydrogens (primary N) is 1. The second-order valence-electron chi connectivity index (χ2n) is 5.17. The highest BCUT2D eigenvalue weighted by atomic mass is 32.2. The van der Waals surface area contributed by atoms with E-state index in [1.807, 2.05) is 0 Å². The fraction of sp³-hybridized carbons (Fsp3) is 1.00. The molecule has 3 atom stereocenters. The molecule has 0 amide bonds. The summed E-state index contributed by atoms with van der Waals surface area (Å²) in [5, 5.41) is 0. The van der Waals surface area contributed by atoms with Gasteiger partial charge in [-0.05, 0) is 54.1 Å². The quantitative estimate of drug-likeness (QED) is 0.739. The average molecular weight is 199 g/mol. The summed E-state index contributed by atoms with van der Waals surface area (Å²) < 4.78 is 0. The largest absolute Gasteiger partial charge is 0.330 e. The van der Waals surface area contributed by atoms with Gasteiger partial charge in [-0.1, -0.05) is 13.8 Å². The van der Waals surface area contributed by atoms with Crippen molar-refractivity contribution in [2.24, 2.45) is 28.9 Å². The Labute approximate surface area is 85.8 Å². The van der Waals surface area contributed by atoms with Crippen molar-refractivity contribution < 1.29 is 0 Å². The van der Waals surface area contributed by atoms with E-state index in [0.717, 1.165) is 24.3 Å². The van der Waals surface area contributed by atoms with Gasteiger partial charge in [0.25, 0.3) is 0 Å². The molecule has 0 bridgehead atoms. The van der Waals surface area contributed by atoms with E-state index >= 15 is 0 Å². The van der Waals surface area contributed by atoms with Crippen molar-refractivity contribution in [3.8, 4) is 0 Å². The molecular formula is C11H21NS. The lowest BCUT2D eigenvalue weighted by Crippen LogP contribution is -2.16. The first kappa shape index (κ1) is 9.85. The summed E-state index contributed by atoms with van der Waals surface area (Å²) in [6.07, 6.45) is 2.89. The van der Waals surface area contributed by atoms with Gasteiger partial charge in [-0.15, -0.1) is 0 Å². The van der Waals surface area contributed by atoms with Crippen molar-refractivity contribution in [1.82, 2.24) is 0 Å². The molecule has 1 aliphatic carbocycles. The van der Waals surface area contributed by atoms with E-state index in [0.29, 0.717) is 5.41 Å². The molecule has 1 heterocycles. The molecule has 0 aromatic rings. The topological polar surface area (TPSA) is 26.0 Å². The normalized spacial score (nSPS) is 43.2. The minimum absolute atomic E-state index is 0.553. The van der Waals surface area contributed by atoms with Crippen molar-refractivity contribution in [1.29, 1.82) is 0 Å². The van der Waals surface area contributed by atoms with Crippen LogP contribution in [0.5, 0.6) is 0 Å². The van der Waals surface area contributed by atoms with Crippen molar-refractivity contribution in [2.75, 3.05) is 18.1 Å². The van der Waals surface area contributed by atoms with Crippen molar-refractivity contribution in [3.63, 3.8) is 0 Å². The second kappa shape index (κ2) is 3.47. The molecule has 1 aliphatic heterocycles. The zero-order valence-electron chi connectivity index (χ0n) is 8.75. The Morgan fingerprint density at radius 2 is 2.23 bits per heavy atom. The zero-order valence-corrected chi connectivity index (χ0v) is 9.57. The minimum Gasteiger partial charge on any atom is -0.330 e. The Balaban J connectivity index is 1.94. The van der Waals surface area contributed by atoms with Gasteiger partial charge < -0.3 is 5.73 Å². The lowest BCUT2D eigenvalue weighted by Gasteiger charge is -2.22. The van der Waals surface area contributed by atoms with E-state index in [4.69, 9.17) is 5.73 Å². The van der Waals surface area contributed by atoms with Crippen LogP contribution in [-0.4, -0.2) is 18.1 Å². The SMILES string of the molecule is CC1(C)C(CN)C1C1CCCSC1. The van der Waals surface area contributed by atoms with Crippen LogP contribution in [0.15, 0.2) is 0 Å². The Morgan fingerprint density at radius 3 is 2.69 bits per heavy atom. The molecule has 2 N–H and O–H groups in total. The molecule has 2 aliphatic rings. The molecule has 1 nitrogen and oxygen atoms in total. The van der Waals surface area contributed by atoms with Gasteiger partial charge in [0.05, 0.1) is 0 Å². The number of rotatable bonds is 2. The molecule has 1 saturated carbocycles. The van der Waals surface area contributed by atoms with Crippen LogP contribution in [0.4, 0.5) is 0 Å². The molecule has 2 rings (SSSR count). The first-order chi connectivity index (χ1) is 6.18. The van der Waals surface area contributed by atoms with E-state index in [2.05, 4.69) is 25.6 Å². The summed E-state index contributed by atoms with van der Waals surface area (Å²) in [5.74, 6) is 5.51. The van der Waals surface area contributed by atoms with Gasteiger partial charge in [0.15, 0.2) is 0 Å². The Kier molecular flexibility index (Phi) is 2.63. The van der Waals surface area contributed by atoms with Gasteiger partial charge in [-0.25, -0.2) is 0 Å². The Morgan fingerprint density at radius 1 is 1.46 bits per heavy atom. The van der Waals surface area contributed by atoms with Crippen molar-refractivity contribution in [2.45, 2.75) is 26.7 Å². The smallest absolute Gasteiger partial charge is 0.00362 e. The fourth-order valence-corrected chi connectivity index (χ4v) is 4.44. The Hall–Kier alpha value is 0.310. The maximum Gasteiger partial charge on any atom is -0.00362 e. The standard InChI is InChI=1S/C11H21NS/c1-11(2)9(6-12)10(11)8-4-3-5-13-7-8/h8-10H,3-7,12H2,1-2H3. The first-order valence-electron chi connectivity index (χ1n) is 5.45. The summed E-state index contributed by atoms with van der Waals surface area (Å²) in [7, 11) is 0. The van der Waals surface area contributed by atoms with Gasteiger partial charge in [-0.3, -0.25) is 0 Å². The minimum atomic E-state index is 0.553. The van der Waals surface area contributed by atoms with E-state index in [1.165, 1.54) is 24.3 Å². The van der Waals surface area contributed by atoms with Gasteiger partial charge in [0.1, 0.15) is 0 Å². The van der Waals surface area contributed by atoms with Crippen LogP contribution in [-0.2, 0) is 0 Å². The number of hydrogen-bond acceptors (Lipinski definition) is 2. The van der Waals surface area contributed by atoms with Gasteiger partial charge in [0, 0.05) is 0 Å². The molecule has 2 heteroatoms. The maximum absolute atomic E-state index is 5.80. The highest BCUT2D eigenvalue weighted by Crippen LogP contribution is 2.62. The molecule has 13 heavy (non-hydrogen) atoms. The van der Waals surface area contributed by atoms with Crippen LogP contribution in [0.1, 0.15) is 26.7 Å². The van der Waals surface area contributed by atoms with E-state index in [1.54, 1.807) is 0 Å². The summed E-state index contributed by atoms with van der Waals surface area (Å²) in [5.41, 5.74) is 6.35. The lowest BCUT2D eigenvalue weighted by molar-refractivity contribution is 0.395. The molecule has 76 valence electrons. The zero-order chi connectivity index (χ0) is 9.47. The molecule has 3 unspecified atom stereocenters. The van der Waals surface area contributed by atoms with Crippen molar-refractivity contribution in [3.05, 3.63) is 0 Å². The van der Waals surface area contributed by atoms with Gasteiger partial charge >= 0.3 is 0 Å². The summed E-state index contributed by atoms with van der Waals surface area (Å²) in [6.45, 7) is 5.70. The highest BCUT2D eigenvalue weighted by Gasteiger charge is 2.59. The molecule has 0 aromatic heterocycles. The number of thioether (sulfide) groups is 1. The predicted molar refractivity (Wildman–Crippen MR) is 59.9 cm³/mol.